The number of carbonyl (C=O) groups excluding carboxylic acids is 1. The largest absolute Gasteiger partial charge is 0.481 e. The van der Waals surface area contributed by atoms with Crippen LogP contribution in [0, 0.1) is 0 Å². The van der Waals surface area contributed by atoms with Gasteiger partial charge in [0.1, 0.15) is 5.75 Å². The van der Waals surface area contributed by atoms with E-state index in [1.54, 1.807) is 6.92 Å². The minimum Gasteiger partial charge on any atom is -0.481 e. The summed E-state index contributed by atoms with van der Waals surface area (Å²) >= 11 is 0. The molecule has 2 aromatic rings. The number of hydrogen-bond acceptors (Lipinski definition) is 2. The van der Waals surface area contributed by atoms with E-state index in [2.05, 4.69) is 11.4 Å². The summed E-state index contributed by atoms with van der Waals surface area (Å²) in [5.41, 5.74) is 0. The molecule has 0 aromatic heterocycles. The van der Waals surface area contributed by atoms with Crippen molar-refractivity contribution in [3.05, 3.63) is 42.5 Å². The number of fused-ring (bicyclic) bond motifs is 1. The smallest absolute Gasteiger partial charge is 0.260 e. The first-order valence-corrected chi connectivity index (χ1v) is 6.68. The van der Waals surface area contributed by atoms with Crippen LogP contribution in [0.4, 0.5) is 0 Å². The van der Waals surface area contributed by atoms with Gasteiger partial charge in [0, 0.05) is 6.04 Å². The molecule has 1 aliphatic rings. The molecule has 1 saturated carbocycles. The molecule has 2 aromatic carbocycles. The Hall–Kier alpha value is -2.03. The predicted molar refractivity (Wildman–Crippen MR) is 75.2 cm³/mol. The quantitative estimate of drug-likeness (QED) is 0.912. The zero-order valence-electron chi connectivity index (χ0n) is 10.9. The molecule has 0 saturated heterocycles. The molecular formula is C16H17NO2. The summed E-state index contributed by atoms with van der Waals surface area (Å²) in [6.45, 7) is 1.78. The summed E-state index contributed by atoms with van der Waals surface area (Å²) in [6, 6.07) is 14.4. The normalized spacial score (nSPS) is 16.1. The highest BCUT2D eigenvalue weighted by molar-refractivity contribution is 5.84. The lowest BCUT2D eigenvalue weighted by atomic mass is 10.1. The van der Waals surface area contributed by atoms with Crippen LogP contribution in [-0.2, 0) is 4.79 Å². The van der Waals surface area contributed by atoms with Crippen LogP contribution in [0.5, 0.6) is 5.75 Å². The Kier molecular flexibility index (Phi) is 3.11. The van der Waals surface area contributed by atoms with Crippen LogP contribution >= 0.6 is 0 Å². The van der Waals surface area contributed by atoms with Crippen LogP contribution in [0.15, 0.2) is 42.5 Å². The fourth-order valence-electron chi connectivity index (χ4n) is 2.04. The topological polar surface area (TPSA) is 38.3 Å². The molecule has 19 heavy (non-hydrogen) atoms. The molecule has 1 fully saturated rings. The van der Waals surface area contributed by atoms with E-state index in [1.807, 2.05) is 36.4 Å². The second-order valence-electron chi connectivity index (χ2n) is 5.05. The Morgan fingerprint density at radius 3 is 2.68 bits per heavy atom. The maximum Gasteiger partial charge on any atom is 0.260 e. The van der Waals surface area contributed by atoms with E-state index in [0.29, 0.717) is 6.04 Å². The Morgan fingerprint density at radius 1 is 1.21 bits per heavy atom. The Morgan fingerprint density at radius 2 is 1.95 bits per heavy atom. The van der Waals surface area contributed by atoms with Crippen molar-refractivity contribution >= 4 is 16.7 Å². The second kappa shape index (κ2) is 4.92. The molecule has 0 heterocycles. The number of carbonyl (C=O) groups is 1. The highest BCUT2D eigenvalue weighted by Crippen LogP contribution is 2.22. The van der Waals surface area contributed by atoms with Crippen molar-refractivity contribution in [2.45, 2.75) is 31.9 Å². The highest BCUT2D eigenvalue weighted by atomic mass is 16.5. The van der Waals surface area contributed by atoms with Crippen molar-refractivity contribution in [3.8, 4) is 5.75 Å². The number of ether oxygens (including phenoxy) is 1. The maximum absolute atomic E-state index is 11.8. The number of amides is 1. The van der Waals surface area contributed by atoms with Gasteiger partial charge in [-0.3, -0.25) is 4.79 Å². The molecule has 0 spiro atoms. The molecule has 3 rings (SSSR count). The molecule has 3 heteroatoms. The second-order valence-corrected chi connectivity index (χ2v) is 5.05. The summed E-state index contributed by atoms with van der Waals surface area (Å²) < 4.78 is 5.70. The lowest BCUT2D eigenvalue weighted by molar-refractivity contribution is -0.127. The molecule has 0 aliphatic heterocycles. The molecule has 98 valence electrons. The van der Waals surface area contributed by atoms with Crippen molar-refractivity contribution in [1.82, 2.24) is 5.32 Å². The first-order valence-electron chi connectivity index (χ1n) is 6.68. The van der Waals surface area contributed by atoms with Crippen molar-refractivity contribution in [2.75, 3.05) is 0 Å². The standard InChI is InChI=1S/C16H17NO2/c1-11(16(18)17-14-7-8-14)19-15-9-6-12-4-2-3-5-13(12)10-15/h2-6,9-11,14H,7-8H2,1H3,(H,17,18)/t11-/m0/s1. The van der Waals surface area contributed by atoms with E-state index in [4.69, 9.17) is 4.74 Å². The van der Waals surface area contributed by atoms with Gasteiger partial charge in [-0.25, -0.2) is 0 Å². The first-order chi connectivity index (χ1) is 9.22. The van der Waals surface area contributed by atoms with Crippen LogP contribution in [0.25, 0.3) is 10.8 Å². The average molecular weight is 255 g/mol. The van der Waals surface area contributed by atoms with Crippen molar-refractivity contribution in [1.29, 1.82) is 0 Å². The van der Waals surface area contributed by atoms with Crippen LogP contribution < -0.4 is 10.1 Å². The Labute approximate surface area is 112 Å². The van der Waals surface area contributed by atoms with Gasteiger partial charge in [0.15, 0.2) is 6.10 Å². The van der Waals surface area contributed by atoms with Crippen LogP contribution in [-0.4, -0.2) is 18.1 Å². The molecule has 1 aliphatic carbocycles. The maximum atomic E-state index is 11.8. The van der Waals surface area contributed by atoms with Gasteiger partial charge in [0.2, 0.25) is 0 Å². The van der Waals surface area contributed by atoms with Gasteiger partial charge in [-0.1, -0.05) is 30.3 Å². The van der Waals surface area contributed by atoms with E-state index in [1.165, 1.54) is 5.39 Å². The van der Waals surface area contributed by atoms with Gasteiger partial charge in [-0.2, -0.15) is 0 Å². The zero-order valence-corrected chi connectivity index (χ0v) is 10.9. The summed E-state index contributed by atoms with van der Waals surface area (Å²) in [7, 11) is 0. The third-order valence-corrected chi connectivity index (χ3v) is 3.33. The molecular weight excluding hydrogens is 238 g/mol. The number of rotatable bonds is 4. The van der Waals surface area contributed by atoms with Gasteiger partial charge in [0.25, 0.3) is 5.91 Å². The molecule has 0 unspecified atom stereocenters. The summed E-state index contributed by atoms with van der Waals surface area (Å²) in [6.07, 6.45) is 1.73. The summed E-state index contributed by atoms with van der Waals surface area (Å²) in [5.74, 6) is 0.702. The number of hydrogen-bond donors (Lipinski definition) is 1. The Bertz CT molecular complexity index is 604. The predicted octanol–water partition coefficient (Wildman–Crippen LogP) is 2.89. The molecule has 1 N–H and O–H groups in total. The van der Waals surface area contributed by atoms with Crippen LogP contribution in [0.3, 0.4) is 0 Å². The lowest BCUT2D eigenvalue weighted by Gasteiger charge is -2.14. The van der Waals surface area contributed by atoms with Gasteiger partial charge in [-0.15, -0.1) is 0 Å². The number of benzene rings is 2. The zero-order chi connectivity index (χ0) is 13.2. The van der Waals surface area contributed by atoms with Crippen molar-refractivity contribution in [2.24, 2.45) is 0 Å². The van der Waals surface area contributed by atoms with Gasteiger partial charge < -0.3 is 10.1 Å². The van der Waals surface area contributed by atoms with Gasteiger partial charge >= 0.3 is 0 Å². The monoisotopic (exact) mass is 255 g/mol. The van der Waals surface area contributed by atoms with Crippen LogP contribution in [0.2, 0.25) is 0 Å². The fourth-order valence-corrected chi connectivity index (χ4v) is 2.04. The minimum absolute atomic E-state index is 0.0318. The summed E-state index contributed by atoms with van der Waals surface area (Å²) in [5, 5.41) is 5.24. The van der Waals surface area contributed by atoms with E-state index in [9.17, 15) is 4.79 Å². The van der Waals surface area contributed by atoms with E-state index >= 15 is 0 Å². The molecule has 1 amide bonds. The first kappa shape index (κ1) is 12.0. The Balaban J connectivity index is 1.71. The SMILES string of the molecule is C[C@H](Oc1ccc2ccccc2c1)C(=O)NC1CC1. The van der Waals surface area contributed by atoms with Crippen molar-refractivity contribution in [3.63, 3.8) is 0 Å². The lowest BCUT2D eigenvalue weighted by Crippen LogP contribution is -2.37. The van der Waals surface area contributed by atoms with E-state index in [-0.39, 0.29) is 5.91 Å². The third kappa shape index (κ3) is 2.87. The van der Waals surface area contributed by atoms with E-state index < -0.39 is 6.10 Å². The van der Waals surface area contributed by atoms with Gasteiger partial charge in [0.05, 0.1) is 0 Å². The molecule has 0 radical (unpaired) electrons. The van der Waals surface area contributed by atoms with E-state index in [0.717, 1.165) is 24.0 Å². The minimum atomic E-state index is -0.457. The highest BCUT2D eigenvalue weighted by Gasteiger charge is 2.26. The van der Waals surface area contributed by atoms with Gasteiger partial charge in [-0.05, 0) is 42.7 Å². The van der Waals surface area contributed by atoms with Crippen LogP contribution in [0.1, 0.15) is 19.8 Å². The number of nitrogens with one attached hydrogen (secondary N) is 1. The molecule has 1 atom stereocenters. The fraction of sp³-hybridized carbons (Fsp3) is 0.312. The third-order valence-electron chi connectivity index (χ3n) is 3.33. The molecule has 0 bridgehead atoms. The molecule has 3 nitrogen and oxygen atoms in total. The van der Waals surface area contributed by atoms with Crippen molar-refractivity contribution < 1.29 is 9.53 Å². The average Bonchev–Trinajstić information content (AvgIpc) is 3.22. The summed E-state index contributed by atoms with van der Waals surface area (Å²) in [4.78, 5) is 11.8.